The molecular weight excluding hydrogens is 396 g/mol. The average Bonchev–Trinajstić information content (AvgIpc) is 2.76. The van der Waals surface area contributed by atoms with E-state index in [1.807, 2.05) is 0 Å². The molecule has 1 saturated heterocycles. The number of sulfonamides is 1. The van der Waals surface area contributed by atoms with E-state index in [0.29, 0.717) is 0 Å². The highest BCUT2D eigenvalue weighted by Gasteiger charge is 2.54. The Bertz CT molecular complexity index is 679. The van der Waals surface area contributed by atoms with Crippen LogP contribution in [-0.2, 0) is 23.6 Å². The second-order valence-electron chi connectivity index (χ2n) is 4.63. The summed E-state index contributed by atoms with van der Waals surface area (Å²) in [5.41, 5.74) is 0. The minimum absolute atomic E-state index is 0.0155. The van der Waals surface area contributed by atoms with E-state index in [4.69, 9.17) is 43.9 Å². The van der Waals surface area contributed by atoms with E-state index < -0.39 is 33.3 Å². The molecule has 0 radical (unpaired) electrons. The lowest BCUT2D eigenvalue weighted by Gasteiger charge is -2.28. The zero-order valence-electron chi connectivity index (χ0n) is 11.3. The summed E-state index contributed by atoms with van der Waals surface area (Å²) >= 11 is 17.3. The molecule has 0 spiro atoms. The highest BCUT2D eigenvalue weighted by molar-refractivity contribution is 7.89. The zero-order valence-corrected chi connectivity index (χ0v) is 15.3. The van der Waals surface area contributed by atoms with Crippen molar-refractivity contribution >= 4 is 52.4 Å². The number of hydrogen-bond donors (Lipinski definition) is 1. The van der Waals surface area contributed by atoms with Crippen molar-refractivity contribution in [2.24, 2.45) is 0 Å². The molecule has 11 heteroatoms. The Morgan fingerprint density at radius 3 is 2.36 bits per heavy atom. The Morgan fingerprint density at radius 2 is 1.91 bits per heavy atom. The van der Waals surface area contributed by atoms with Crippen LogP contribution >= 0.6 is 42.4 Å². The molecule has 2 rings (SSSR count). The molecular formula is C11H13Cl3NO5PS. The standard InChI is InChI=1S/C11H13Cl3NO5PS/c1-8-7-19-21(16,20-8)10(11(12,13)14)15-22(17,18)9-5-3-2-4-6-9/h2-6,8,10,15H,7H2,1H3/t8-,10+,21-/m0/s1. The van der Waals surface area contributed by atoms with Crippen molar-refractivity contribution in [3.8, 4) is 0 Å². The van der Waals surface area contributed by atoms with Gasteiger partial charge in [0.25, 0.3) is 0 Å². The smallest absolute Gasteiger partial charge is 0.305 e. The summed E-state index contributed by atoms with van der Waals surface area (Å²) < 4.78 is 47.5. The molecule has 1 aromatic carbocycles. The maximum absolute atomic E-state index is 12.7. The lowest BCUT2D eigenvalue weighted by Crippen LogP contribution is -2.43. The van der Waals surface area contributed by atoms with Gasteiger partial charge in [-0.15, -0.1) is 0 Å². The van der Waals surface area contributed by atoms with Crippen LogP contribution in [-0.4, -0.2) is 30.7 Å². The van der Waals surface area contributed by atoms with E-state index in [2.05, 4.69) is 4.72 Å². The Kier molecular flexibility index (Phi) is 5.52. The SMILES string of the molecule is C[C@H]1CO[P@@](=O)([C@@H](NS(=O)(=O)c2ccccc2)C(Cl)(Cl)Cl)O1. The van der Waals surface area contributed by atoms with Crippen molar-refractivity contribution < 1.29 is 22.0 Å². The molecule has 124 valence electrons. The van der Waals surface area contributed by atoms with Gasteiger partial charge in [0.2, 0.25) is 13.8 Å². The van der Waals surface area contributed by atoms with E-state index >= 15 is 0 Å². The quantitative estimate of drug-likeness (QED) is 0.611. The third-order valence-electron chi connectivity index (χ3n) is 2.76. The molecule has 0 unspecified atom stereocenters. The average molecular weight is 409 g/mol. The molecule has 6 nitrogen and oxygen atoms in total. The van der Waals surface area contributed by atoms with E-state index in [1.165, 1.54) is 24.3 Å². The van der Waals surface area contributed by atoms with Crippen molar-refractivity contribution in [2.75, 3.05) is 6.61 Å². The van der Waals surface area contributed by atoms with Crippen LogP contribution in [0.4, 0.5) is 0 Å². The summed E-state index contributed by atoms with van der Waals surface area (Å²) in [5, 5.41) is 0. The Labute approximate surface area is 143 Å². The largest absolute Gasteiger partial charge is 0.353 e. The first-order chi connectivity index (χ1) is 10.0. The first-order valence-electron chi connectivity index (χ1n) is 6.11. The van der Waals surface area contributed by atoms with Gasteiger partial charge in [0.1, 0.15) is 0 Å². The van der Waals surface area contributed by atoms with Crippen LogP contribution in [0.25, 0.3) is 0 Å². The lowest BCUT2D eigenvalue weighted by atomic mass is 10.4. The topological polar surface area (TPSA) is 81.7 Å². The summed E-state index contributed by atoms with van der Waals surface area (Å²) in [4.78, 5) is -0.0619. The van der Waals surface area contributed by atoms with Crippen molar-refractivity contribution in [3.05, 3.63) is 30.3 Å². The van der Waals surface area contributed by atoms with Crippen molar-refractivity contribution in [2.45, 2.75) is 27.5 Å². The van der Waals surface area contributed by atoms with Gasteiger partial charge in [0, 0.05) is 0 Å². The summed E-state index contributed by atoms with van der Waals surface area (Å²) in [7, 11) is -8.03. The van der Waals surface area contributed by atoms with Gasteiger partial charge in [-0.05, 0) is 19.1 Å². The second-order valence-corrected chi connectivity index (χ2v) is 10.8. The van der Waals surface area contributed by atoms with E-state index in [1.54, 1.807) is 13.0 Å². The normalized spacial score (nSPS) is 27.7. The van der Waals surface area contributed by atoms with Gasteiger partial charge in [-0.2, -0.15) is 4.72 Å². The van der Waals surface area contributed by atoms with Crippen LogP contribution in [0.15, 0.2) is 35.2 Å². The molecule has 22 heavy (non-hydrogen) atoms. The Morgan fingerprint density at radius 1 is 1.32 bits per heavy atom. The third kappa shape index (κ3) is 4.16. The maximum atomic E-state index is 12.7. The minimum atomic E-state index is -4.07. The minimum Gasteiger partial charge on any atom is -0.305 e. The first-order valence-corrected chi connectivity index (χ1v) is 10.3. The van der Waals surface area contributed by atoms with Gasteiger partial charge >= 0.3 is 7.60 Å². The van der Waals surface area contributed by atoms with Crippen LogP contribution < -0.4 is 4.72 Å². The predicted molar refractivity (Wildman–Crippen MR) is 84.9 cm³/mol. The monoisotopic (exact) mass is 407 g/mol. The van der Waals surface area contributed by atoms with Gasteiger partial charge < -0.3 is 9.05 Å². The molecule has 1 N–H and O–H groups in total. The first kappa shape index (κ1) is 18.5. The summed E-state index contributed by atoms with van der Waals surface area (Å²) in [5.74, 6) is -1.67. The number of benzene rings is 1. The van der Waals surface area contributed by atoms with Crippen LogP contribution in [0.1, 0.15) is 6.92 Å². The number of alkyl halides is 3. The molecule has 1 heterocycles. The molecule has 3 atom stereocenters. The summed E-state index contributed by atoms with van der Waals surface area (Å²) in [6.45, 7) is 1.63. The van der Waals surface area contributed by atoms with Gasteiger partial charge in [-0.1, -0.05) is 53.0 Å². The highest BCUT2D eigenvalue weighted by atomic mass is 35.6. The zero-order chi connectivity index (χ0) is 16.6. The van der Waals surface area contributed by atoms with Crippen LogP contribution in [0, 0.1) is 0 Å². The van der Waals surface area contributed by atoms with Gasteiger partial charge in [-0.3, -0.25) is 4.57 Å². The predicted octanol–water partition coefficient (Wildman–Crippen LogP) is 3.29. The number of hydrogen-bond acceptors (Lipinski definition) is 5. The van der Waals surface area contributed by atoms with E-state index in [-0.39, 0.29) is 11.5 Å². The second kappa shape index (κ2) is 6.57. The number of nitrogens with one attached hydrogen (secondary N) is 1. The Balaban J connectivity index is 2.35. The maximum Gasteiger partial charge on any atom is 0.353 e. The molecule has 0 aromatic heterocycles. The molecule has 1 fully saturated rings. The van der Waals surface area contributed by atoms with E-state index in [9.17, 15) is 13.0 Å². The van der Waals surface area contributed by atoms with Crippen molar-refractivity contribution in [1.82, 2.24) is 4.72 Å². The van der Waals surface area contributed by atoms with Crippen LogP contribution in [0.3, 0.4) is 0 Å². The number of rotatable bonds is 4. The molecule has 0 amide bonds. The summed E-state index contributed by atoms with van der Waals surface area (Å²) in [6, 6.07) is 7.43. The van der Waals surface area contributed by atoms with Crippen molar-refractivity contribution in [3.63, 3.8) is 0 Å². The fourth-order valence-corrected chi connectivity index (χ4v) is 6.94. The molecule has 0 aliphatic carbocycles. The fourth-order valence-electron chi connectivity index (χ4n) is 1.78. The summed E-state index contributed by atoms with van der Waals surface area (Å²) in [6.07, 6.45) is -0.498. The molecule has 1 aliphatic heterocycles. The third-order valence-corrected chi connectivity index (χ3v) is 7.80. The van der Waals surface area contributed by atoms with Gasteiger partial charge in [-0.25, -0.2) is 8.42 Å². The van der Waals surface area contributed by atoms with Gasteiger partial charge in [0.15, 0.2) is 5.78 Å². The van der Waals surface area contributed by atoms with E-state index in [0.717, 1.165) is 0 Å². The van der Waals surface area contributed by atoms with Crippen molar-refractivity contribution in [1.29, 1.82) is 0 Å². The molecule has 1 aliphatic rings. The van der Waals surface area contributed by atoms with Gasteiger partial charge in [0.05, 0.1) is 17.6 Å². The molecule has 1 aromatic rings. The fraction of sp³-hybridized carbons (Fsp3) is 0.455. The van der Waals surface area contributed by atoms with Crippen LogP contribution in [0.2, 0.25) is 0 Å². The molecule has 0 bridgehead atoms. The lowest BCUT2D eigenvalue weighted by molar-refractivity contribution is 0.254. The Hall–Kier alpha value is 0.150. The highest BCUT2D eigenvalue weighted by Crippen LogP contribution is 2.62. The number of halogens is 3. The molecule has 0 saturated carbocycles. The van der Waals surface area contributed by atoms with Crippen LogP contribution in [0.5, 0.6) is 0 Å².